The average molecular weight is 443 g/mol. The van der Waals surface area contributed by atoms with Gasteiger partial charge in [-0.3, -0.25) is 4.79 Å². The largest absolute Gasteiger partial charge is 0.355 e. The first-order valence-electron chi connectivity index (χ1n) is 11.5. The number of hydrogen-bond acceptors (Lipinski definition) is 6. The summed E-state index contributed by atoms with van der Waals surface area (Å²) in [4.78, 5) is 28.6. The van der Waals surface area contributed by atoms with Gasteiger partial charge in [-0.05, 0) is 49.7 Å². The Kier molecular flexibility index (Phi) is 4.50. The smallest absolute Gasteiger partial charge is 0.272 e. The molecule has 1 N–H and O–H groups in total. The van der Waals surface area contributed by atoms with Gasteiger partial charge in [-0.1, -0.05) is 0 Å². The van der Waals surface area contributed by atoms with E-state index in [-0.39, 0.29) is 11.9 Å². The first-order chi connectivity index (χ1) is 16.0. The summed E-state index contributed by atoms with van der Waals surface area (Å²) in [6.07, 6.45) is 8.27. The average Bonchev–Trinajstić information content (AvgIpc) is 3.27. The number of anilines is 1. The second kappa shape index (κ2) is 7.44. The molecule has 1 saturated heterocycles. The Bertz CT molecular complexity index is 1290. The molecule has 0 radical (unpaired) electrons. The van der Waals surface area contributed by atoms with E-state index >= 15 is 0 Å². The third kappa shape index (κ3) is 3.46. The van der Waals surface area contributed by atoms with Crippen LogP contribution in [0.5, 0.6) is 0 Å². The van der Waals surface area contributed by atoms with Gasteiger partial charge in [0.05, 0.1) is 36.5 Å². The zero-order valence-corrected chi connectivity index (χ0v) is 18.8. The molecule has 1 amide bonds. The highest BCUT2D eigenvalue weighted by molar-refractivity contribution is 5.92. The van der Waals surface area contributed by atoms with Crippen molar-refractivity contribution in [2.45, 2.75) is 38.8 Å². The van der Waals surface area contributed by atoms with E-state index in [4.69, 9.17) is 4.98 Å². The van der Waals surface area contributed by atoms with E-state index in [1.54, 1.807) is 18.9 Å². The minimum Gasteiger partial charge on any atom is -0.355 e. The van der Waals surface area contributed by atoms with E-state index in [0.29, 0.717) is 17.8 Å². The number of aromatic nitrogens is 5. The van der Waals surface area contributed by atoms with E-state index < -0.39 is 0 Å². The van der Waals surface area contributed by atoms with Crippen LogP contribution in [0.1, 0.15) is 57.6 Å². The Hall–Kier alpha value is -3.67. The van der Waals surface area contributed by atoms with Crippen LogP contribution in [-0.4, -0.2) is 43.1 Å². The van der Waals surface area contributed by atoms with Crippen LogP contribution in [0.15, 0.2) is 24.9 Å². The first-order valence-corrected chi connectivity index (χ1v) is 11.5. The topological polar surface area (TPSA) is 105 Å². The third-order valence-electron chi connectivity index (χ3n) is 7.31. The molecule has 0 aromatic carbocycles. The number of carbonyl (C=O) groups excluding carboxylic acids is 1. The number of rotatable bonds is 5. The predicted molar refractivity (Wildman–Crippen MR) is 121 cm³/mol. The Morgan fingerprint density at radius 1 is 1.27 bits per heavy atom. The van der Waals surface area contributed by atoms with Crippen molar-refractivity contribution in [1.82, 2.24) is 29.4 Å². The summed E-state index contributed by atoms with van der Waals surface area (Å²) in [7, 11) is 1.98. The van der Waals surface area contributed by atoms with Crippen molar-refractivity contribution >= 4 is 11.7 Å². The van der Waals surface area contributed by atoms with E-state index in [2.05, 4.69) is 26.3 Å². The van der Waals surface area contributed by atoms with Gasteiger partial charge in [-0.25, -0.2) is 15.0 Å². The molecule has 6 rings (SSSR count). The molecular formula is C24H26N8O. The van der Waals surface area contributed by atoms with Gasteiger partial charge in [-0.15, -0.1) is 0 Å². The maximum atomic E-state index is 12.8. The van der Waals surface area contributed by atoms with Crippen LogP contribution in [0.25, 0.3) is 0 Å². The van der Waals surface area contributed by atoms with Crippen LogP contribution in [0.2, 0.25) is 0 Å². The fraction of sp³-hybridized carbons (Fsp3) is 0.458. The summed E-state index contributed by atoms with van der Waals surface area (Å²) in [6, 6.07) is 4.19. The molecule has 33 heavy (non-hydrogen) atoms. The van der Waals surface area contributed by atoms with Crippen LogP contribution in [0.3, 0.4) is 0 Å². The molecule has 0 spiro atoms. The van der Waals surface area contributed by atoms with E-state index in [1.165, 1.54) is 12.1 Å². The Labute approximate surface area is 192 Å². The van der Waals surface area contributed by atoms with E-state index in [1.807, 2.05) is 29.2 Å². The van der Waals surface area contributed by atoms with Gasteiger partial charge >= 0.3 is 0 Å². The van der Waals surface area contributed by atoms with Crippen molar-refractivity contribution in [2.24, 2.45) is 18.9 Å². The van der Waals surface area contributed by atoms with Crippen molar-refractivity contribution in [3.8, 4) is 6.07 Å². The van der Waals surface area contributed by atoms with Gasteiger partial charge < -0.3 is 19.4 Å². The van der Waals surface area contributed by atoms with Crippen LogP contribution in [-0.2, 0) is 20.0 Å². The molecule has 0 bridgehead atoms. The molecule has 4 heterocycles. The summed E-state index contributed by atoms with van der Waals surface area (Å²) in [5, 5.41) is 12.8. The molecule has 2 aliphatic carbocycles. The number of imidazole rings is 2. The number of nitrogens with zero attached hydrogens (tertiary/aromatic N) is 7. The summed E-state index contributed by atoms with van der Waals surface area (Å²) in [6.45, 7) is 4.50. The Morgan fingerprint density at radius 2 is 2.09 bits per heavy atom. The van der Waals surface area contributed by atoms with Gasteiger partial charge in [0.25, 0.3) is 5.91 Å². The molecule has 1 aliphatic heterocycles. The number of aryl methyl sites for hydroxylation is 2. The molecule has 168 valence electrons. The van der Waals surface area contributed by atoms with Crippen molar-refractivity contribution in [1.29, 1.82) is 5.26 Å². The molecule has 3 aromatic heterocycles. The summed E-state index contributed by atoms with van der Waals surface area (Å²) in [5.41, 5.74) is 4.97. The lowest BCUT2D eigenvalue weighted by atomic mass is 10.1. The number of amides is 1. The fourth-order valence-electron chi connectivity index (χ4n) is 5.31. The molecule has 9 heteroatoms. The predicted octanol–water partition coefficient (Wildman–Crippen LogP) is 2.11. The second-order valence-corrected chi connectivity index (χ2v) is 9.56. The highest BCUT2D eigenvalue weighted by Gasteiger charge is 2.46. The van der Waals surface area contributed by atoms with Gasteiger partial charge in [0.15, 0.2) is 0 Å². The summed E-state index contributed by atoms with van der Waals surface area (Å²) in [5.74, 6) is 2.17. The van der Waals surface area contributed by atoms with Crippen LogP contribution < -0.4 is 10.2 Å². The Balaban J connectivity index is 1.16. The molecular weight excluding hydrogens is 416 g/mol. The minimum atomic E-state index is -0.201. The van der Waals surface area contributed by atoms with E-state index in [9.17, 15) is 10.1 Å². The SMILES string of the molecule is Cc1nc(N2CC3CC3C2)c(C#N)cc1Cn1cnc(C(=O)N[C@@H]2CCc3c2ncn3C)c1. The summed E-state index contributed by atoms with van der Waals surface area (Å²) >= 11 is 0. The number of nitrogens with one attached hydrogen (secondary N) is 1. The van der Waals surface area contributed by atoms with E-state index in [0.717, 1.165) is 60.5 Å². The quantitative estimate of drug-likeness (QED) is 0.649. The zero-order valence-electron chi connectivity index (χ0n) is 18.8. The van der Waals surface area contributed by atoms with Crippen LogP contribution >= 0.6 is 0 Å². The monoisotopic (exact) mass is 442 g/mol. The van der Waals surface area contributed by atoms with Gasteiger partial charge in [0.2, 0.25) is 0 Å². The lowest BCUT2D eigenvalue weighted by Crippen LogP contribution is -2.27. The normalized spacial score (nSPS) is 22.7. The molecule has 3 atom stereocenters. The minimum absolute atomic E-state index is 0.0763. The lowest BCUT2D eigenvalue weighted by Gasteiger charge is -2.21. The number of nitriles is 1. The van der Waals surface area contributed by atoms with Gasteiger partial charge in [0.1, 0.15) is 17.6 Å². The molecule has 3 aliphatic rings. The second-order valence-electron chi connectivity index (χ2n) is 9.56. The molecule has 2 fully saturated rings. The molecule has 1 saturated carbocycles. The number of fused-ring (bicyclic) bond motifs is 2. The number of pyridine rings is 1. The highest BCUT2D eigenvalue weighted by atomic mass is 16.2. The molecule has 3 aromatic rings. The molecule has 2 unspecified atom stereocenters. The number of hydrogen-bond donors (Lipinski definition) is 1. The van der Waals surface area contributed by atoms with Crippen LogP contribution in [0.4, 0.5) is 5.82 Å². The summed E-state index contributed by atoms with van der Waals surface area (Å²) < 4.78 is 3.88. The lowest BCUT2D eigenvalue weighted by molar-refractivity contribution is 0.0931. The fourth-order valence-corrected chi connectivity index (χ4v) is 5.31. The maximum absolute atomic E-state index is 12.8. The zero-order chi connectivity index (χ0) is 22.7. The first kappa shape index (κ1) is 20.0. The van der Waals surface area contributed by atoms with Gasteiger partial charge in [0, 0.05) is 37.7 Å². The highest BCUT2D eigenvalue weighted by Crippen LogP contribution is 2.46. The van der Waals surface area contributed by atoms with Crippen molar-refractivity contribution in [3.63, 3.8) is 0 Å². The van der Waals surface area contributed by atoms with Crippen molar-refractivity contribution < 1.29 is 4.79 Å². The van der Waals surface area contributed by atoms with Crippen LogP contribution in [0, 0.1) is 30.1 Å². The van der Waals surface area contributed by atoms with Crippen molar-refractivity contribution in [3.05, 3.63) is 58.8 Å². The van der Waals surface area contributed by atoms with Gasteiger partial charge in [-0.2, -0.15) is 5.26 Å². The Morgan fingerprint density at radius 3 is 2.88 bits per heavy atom. The standard InChI is InChI=1S/C24H26N8O/c1-14-16(5-15(7-25)23(28-14)32-9-17-6-18(17)10-32)8-31-11-20(26-13-31)24(33)29-19-3-4-21-22(19)27-12-30(21)2/h5,11-13,17-19H,3-4,6,8-10H2,1-2H3,(H,29,33)/t17?,18?,19-/m1/s1. The third-order valence-corrected chi connectivity index (χ3v) is 7.31. The maximum Gasteiger partial charge on any atom is 0.272 e. The van der Waals surface area contributed by atoms with Crippen molar-refractivity contribution in [2.75, 3.05) is 18.0 Å². The number of carbonyl (C=O) groups is 1. The molecule has 9 nitrogen and oxygen atoms in total. The number of piperidine rings is 1.